The first kappa shape index (κ1) is 19.3. The Balaban J connectivity index is 1.69. The van der Waals surface area contributed by atoms with Crippen LogP contribution in [0.15, 0.2) is 24.3 Å². The van der Waals surface area contributed by atoms with Gasteiger partial charge in [0, 0.05) is 30.9 Å². The molecule has 1 aromatic carbocycles. The Morgan fingerprint density at radius 2 is 1.72 bits per heavy atom. The van der Waals surface area contributed by atoms with Crippen molar-refractivity contribution in [1.29, 1.82) is 0 Å². The Bertz CT molecular complexity index is 855. The highest BCUT2D eigenvalue weighted by molar-refractivity contribution is 5.88. The van der Waals surface area contributed by atoms with Crippen molar-refractivity contribution in [3.63, 3.8) is 0 Å². The van der Waals surface area contributed by atoms with Crippen LogP contribution >= 0.6 is 0 Å². The summed E-state index contributed by atoms with van der Waals surface area (Å²) in [6.45, 7) is 6.89. The van der Waals surface area contributed by atoms with E-state index in [0.29, 0.717) is 49.8 Å². The monoisotopic (exact) mass is 399 g/mol. The van der Waals surface area contributed by atoms with Crippen molar-refractivity contribution in [2.45, 2.75) is 13.0 Å². The lowest BCUT2D eigenvalue weighted by Crippen LogP contribution is -2.45. The summed E-state index contributed by atoms with van der Waals surface area (Å²) < 4.78 is 11.0. The fourth-order valence-corrected chi connectivity index (χ4v) is 3.39. The predicted octanol–water partition coefficient (Wildman–Crippen LogP) is 1.09. The van der Waals surface area contributed by atoms with Crippen molar-refractivity contribution in [3.8, 4) is 11.4 Å². The Morgan fingerprint density at radius 3 is 2.41 bits per heavy atom. The molecule has 2 aliphatic rings. The number of nitrogens with zero attached hydrogens (tertiary/aromatic N) is 5. The van der Waals surface area contributed by atoms with Crippen LogP contribution in [0.1, 0.15) is 6.92 Å². The smallest absolute Gasteiger partial charge is 0.316 e. The van der Waals surface area contributed by atoms with E-state index in [9.17, 15) is 4.79 Å². The fourth-order valence-electron chi connectivity index (χ4n) is 3.39. The fraction of sp³-hybridized carbons (Fsp3) is 0.474. The molecule has 2 aromatic rings. The van der Waals surface area contributed by atoms with Crippen LogP contribution in [-0.4, -0.2) is 73.1 Å². The van der Waals surface area contributed by atoms with Gasteiger partial charge in [-0.2, -0.15) is 15.0 Å². The quantitative estimate of drug-likeness (QED) is 0.784. The Morgan fingerprint density at radius 1 is 1.03 bits per heavy atom. The number of nitrogens with one attached hydrogen (secondary N) is 1. The summed E-state index contributed by atoms with van der Waals surface area (Å²) in [5, 5.41) is 2.56. The third-order valence-corrected chi connectivity index (χ3v) is 4.94. The average molecular weight is 399 g/mol. The second kappa shape index (κ2) is 8.58. The number of rotatable bonds is 4. The molecule has 1 atom stereocenters. The van der Waals surface area contributed by atoms with Gasteiger partial charge in [-0.05, 0) is 31.2 Å². The summed E-state index contributed by atoms with van der Waals surface area (Å²) in [5.41, 5.74) is 6.63. The summed E-state index contributed by atoms with van der Waals surface area (Å²) in [5.74, 6) is 1.87. The van der Waals surface area contributed by atoms with E-state index in [0.717, 1.165) is 25.2 Å². The molecule has 1 aromatic heterocycles. The van der Waals surface area contributed by atoms with Gasteiger partial charge in [0.05, 0.1) is 32.5 Å². The van der Waals surface area contributed by atoms with Gasteiger partial charge in [0.1, 0.15) is 0 Å². The molecule has 4 rings (SSSR count). The van der Waals surface area contributed by atoms with Crippen molar-refractivity contribution in [1.82, 2.24) is 15.0 Å². The molecule has 3 N–H and O–H groups in total. The maximum absolute atomic E-state index is 11.0. The average Bonchev–Trinajstić information content (AvgIpc) is 2.74. The Hall–Kier alpha value is -2.98. The van der Waals surface area contributed by atoms with Gasteiger partial charge in [-0.1, -0.05) is 0 Å². The van der Waals surface area contributed by atoms with Gasteiger partial charge in [-0.15, -0.1) is 0 Å². The molecule has 0 saturated carbocycles. The van der Waals surface area contributed by atoms with Crippen molar-refractivity contribution in [2.24, 2.45) is 5.73 Å². The third-order valence-electron chi connectivity index (χ3n) is 4.94. The van der Waals surface area contributed by atoms with Crippen molar-refractivity contribution in [3.05, 3.63) is 24.3 Å². The van der Waals surface area contributed by atoms with Crippen LogP contribution in [0.25, 0.3) is 11.4 Å². The molecule has 154 valence electrons. The second-order valence-electron chi connectivity index (χ2n) is 7.04. The minimum Gasteiger partial charge on any atom is -0.378 e. The van der Waals surface area contributed by atoms with Crippen molar-refractivity contribution in [2.75, 3.05) is 61.2 Å². The van der Waals surface area contributed by atoms with Gasteiger partial charge in [-0.3, -0.25) is 0 Å². The molecule has 0 spiro atoms. The third kappa shape index (κ3) is 4.54. The molecule has 29 heavy (non-hydrogen) atoms. The lowest BCUT2D eigenvalue weighted by atomic mass is 10.2. The van der Waals surface area contributed by atoms with E-state index >= 15 is 0 Å². The molecule has 2 fully saturated rings. The standard InChI is InChI=1S/C19H25N7O3/c1-13-12-29-11-8-26(13)19-23-16(14-2-4-15(5-3-14)21-17(20)27)22-18(24-19)25-6-9-28-10-7-25/h2-5,13H,6-12H2,1H3,(H3,20,21,27)/t13-/m0/s1. The van der Waals surface area contributed by atoms with E-state index in [1.54, 1.807) is 12.1 Å². The predicted molar refractivity (Wildman–Crippen MR) is 109 cm³/mol. The largest absolute Gasteiger partial charge is 0.378 e. The van der Waals surface area contributed by atoms with Crippen molar-refractivity contribution >= 4 is 23.6 Å². The molecule has 2 saturated heterocycles. The Kier molecular flexibility index (Phi) is 5.72. The van der Waals surface area contributed by atoms with E-state index in [-0.39, 0.29) is 6.04 Å². The van der Waals surface area contributed by atoms with Crippen LogP contribution < -0.4 is 20.9 Å². The van der Waals surface area contributed by atoms with E-state index < -0.39 is 6.03 Å². The summed E-state index contributed by atoms with van der Waals surface area (Å²) in [6.07, 6.45) is 0. The van der Waals surface area contributed by atoms with Crippen LogP contribution in [0.5, 0.6) is 0 Å². The SMILES string of the molecule is C[C@H]1COCCN1c1nc(-c2ccc(NC(N)=O)cc2)nc(N2CCOCC2)n1. The number of morpholine rings is 2. The molecule has 10 heteroatoms. The van der Waals surface area contributed by atoms with Gasteiger partial charge in [0.2, 0.25) is 11.9 Å². The number of amides is 2. The zero-order valence-corrected chi connectivity index (χ0v) is 16.4. The van der Waals surface area contributed by atoms with E-state index in [2.05, 4.69) is 22.0 Å². The molecule has 0 radical (unpaired) electrons. The van der Waals surface area contributed by atoms with Crippen LogP contribution in [0, 0.1) is 0 Å². The Labute approximate surface area is 169 Å². The highest BCUT2D eigenvalue weighted by Crippen LogP contribution is 2.25. The number of hydrogen-bond acceptors (Lipinski definition) is 8. The maximum atomic E-state index is 11.0. The molecule has 10 nitrogen and oxygen atoms in total. The first-order valence-corrected chi connectivity index (χ1v) is 9.70. The number of aromatic nitrogens is 3. The number of carbonyl (C=O) groups excluding carboxylic acids is 1. The van der Waals surface area contributed by atoms with E-state index in [1.165, 1.54) is 0 Å². The summed E-state index contributed by atoms with van der Waals surface area (Å²) in [4.78, 5) is 29.5. The number of hydrogen-bond donors (Lipinski definition) is 2. The number of carbonyl (C=O) groups is 1. The van der Waals surface area contributed by atoms with Crippen LogP contribution in [0.4, 0.5) is 22.4 Å². The minimum atomic E-state index is -0.601. The van der Waals surface area contributed by atoms with Crippen molar-refractivity contribution < 1.29 is 14.3 Å². The normalized spacial score (nSPS) is 19.8. The molecule has 0 bridgehead atoms. The van der Waals surface area contributed by atoms with Crippen LogP contribution in [-0.2, 0) is 9.47 Å². The first-order chi connectivity index (χ1) is 14.1. The molecule has 2 aliphatic heterocycles. The molecular weight excluding hydrogens is 374 g/mol. The topological polar surface area (TPSA) is 119 Å². The second-order valence-corrected chi connectivity index (χ2v) is 7.04. The molecule has 0 unspecified atom stereocenters. The number of primary amides is 1. The zero-order valence-electron chi connectivity index (χ0n) is 16.4. The summed E-state index contributed by atoms with van der Waals surface area (Å²) >= 11 is 0. The molecule has 3 heterocycles. The first-order valence-electron chi connectivity index (χ1n) is 9.70. The van der Waals surface area contributed by atoms with E-state index in [1.807, 2.05) is 12.1 Å². The van der Waals surface area contributed by atoms with Crippen LogP contribution in [0.3, 0.4) is 0 Å². The number of urea groups is 1. The summed E-state index contributed by atoms with van der Waals surface area (Å²) in [7, 11) is 0. The van der Waals surface area contributed by atoms with Gasteiger partial charge in [0.25, 0.3) is 0 Å². The highest BCUT2D eigenvalue weighted by atomic mass is 16.5. The lowest BCUT2D eigenvalue weighted by molar-refractivity contribution is 0.0980. The molecule has 2 amide bonds. The molecule has 0 aliphatic carbocycles. The van der Waals surface area contributed by atoms with E-state index in [4.69, 9.17) is 30.2 Å². The maximum Gasteiger partial charge on any atom is 0.316 e. The lowest BCUT2D eigenvalue weighted by Gasteiger charge is -2.34. The van der Waals surface area contributed by atoms with Gasteiger partial charge in [-0.25, -0.2) is 4.79 Å². The molecular formula is C19H25N7O3. The number of anilines is 3. The zero-order chi connectivity index (χ0) is 20.2. The van der Waals surface area contributed by atoms with Crippen LogP contribution in [0.2, 0.25) is 0 Å². The minimum absolute atomic E-state index is 0.179. The van der Waals surface area contributed by atoms with Gasteiger partial charge in [0.15, 0.2) is 5.82 Å². The number of nitrogens with two attached hydrogens (primary N) is 1. The number of benzene rings is 1. The highest BCUT2D eigenvalue weighted by Gasteiger charge is 2.25. The summed E-state index contributed by atoms with van der Waals surface area (Å²) in [6, 6.07) is 6.84. The van der Waals surface area contributed by atoms with Gasteiger partial charge >= 0.3 is 6.03 Å². The number of ether oxygens (including phenoxy) is 2. The van der Waals surface area contributed by atoms with Gasteiger partial charge < -0.3 is 30.3 Å².